The predicted molar refractivity (Wildman–Crippen MR) is 45.4 cm³/mol. The van der Waals surface area contributed by atoms with E-state index >= 15 is 0 Å². The van der Waals surface area contributed by atoms with Crippen LogP contribution in [0.3, 0.4) is 0 Å². The number of rotatable bonds is 7. The van der Waals surface area contributed by atoms with Crippen LogP contribution in [0.25, 0.3) is 0 Å². The SMILES string of the molecule is CCCOC(=O)OCCOCOC. The molecule has 5 heteroatoms. The van der Waals surface area contributed by atoms with Gasteiger partial charge in [-0.2, -0.15) is 0 Å². The largest absolute Gasteiger partial charge is 0.508 e. The highest BCUT2D eigenvalue weighted by Gasteiger charge is 2.01. The van der Waals surface area contributed by atoms with Crippen molar-refractivity contribution < 1.29 is 23.7 Å². The molecule has 0 fully saturated rings. The summed E-state index contributed by atoms with van der Waals surface area (Å²) in [6, 6.07) is 0. The summed E-state index contributed by atoms with van der Waals surface area (Å²) in [4.78, 5) is 10.7. The molecule has 0 aliphatic heterocycles. The van der Waals surface area contributed by atoms with Gasteiger partial charge >= 0.3 is 6.16 Å². The van der Waals surface area contributed by atoms with Crippen molar-refractivity contribution in [3.05, 3.63) is 0 Å². The Morgan fingerprint density at radius 3 is 2.46 bits per heavy atom. The van der Waals surface area contributed by atoms with Crippen molar-refractivity contribution in [3.63, 3.8) is 0 Å². The summed E-state index contributed by atoms with van der Waals surface area (Å²) in [5.41, 5.74) is 0. The van der Waals surface area contributed by atoms with E-state index in [1.807, 2.05) is 6.92 Å². The second-order valence-corrected chi connectivity index (χ2v) is 2.26. The average molecular weight is 192 g/mol. The van der Waals surface area contributed by atoms with Gasteiger partial charge in [-0.05, 0) is 6.42 Å². The molecule has 78 valence electrons. The van der Waals surface area contributed by atoms with Crippen molar-refractivity contribution in [2.75, 3.05) is 33.7 Å². The maximum atomic E-state index is 10.7. The first kappa shape index (κ1) is 12.2. The Hall–Kier alpha value is -0.810. The summed E-state index contributed by atoms with van der Waals surface area (Å²) in [6.07, 6.45) is 0.137. The molecule has 0 amide bonds. The number of methoxy groups -OCH3 is 1. The lowest BCUT2D eigenvalue weighted by Gasteiger charge is -2.05. The van der Waals surface area contributed by atoms with Gasteiger partial charge in [0.2, 0.25) is 0 Å². The molecule has 0 saturated heterocycles. The van der Waals surface area contributed by atoms with Gasteiger partial charge in [0.1, 0.15) is 13.4 Å². The average Bonchev–Trinajstić information content (AvgIpc) is 2.14. The van der Waals surface area contributed by atoms with Gasteiger partial charge < -0.3 is 18.9 Å². The van der Waals surface area contributed by atoms with Crippen LogP contribution in [0.1, 0.15) is 13.3 Å². The Morgan fingerprint density at radius 2 is 1.85 bits per heavy atom. The van der Waals surface area contributed by atoms with E-state index in [9.17, 15) is 4.79 Å². The normalized spacial score (nSPS) is 9.69. The number of carbonyl (C=O) groups excluding carboxylic acids is 1. The summed E-state index contributed by atoms with van der Waals surface area (Å²) in [7, 11) is 1.52. The zero-order chi connectivity index (χ0) is 9.94. The van der Waals surface area contributed by atoms with Crippen LogP contribution in [0.5, 0.6) is 0 Å². The Balaban J connectivity index is 3.08. The van der Waals surface area contributed by atoms with Gasteiger partial charge in [0.15, 0.2) is 0 Å². The van der Waals surface area contributed by atoms with Gasteiger partial charge in [0.05, 0.1) is 13.2 Å². The molecule has 0 radical (unpaired) electrons. The molecule has 0 aliphatic carbocycles. The fraction of sp³-hybridized carbons (Fsp3) is 0.875. The minimum Gasteiger partial charge on any atom is -0.434 e. The fourth-order valence-electron chi connectivity index (χ4n) is 0.553. The summed E-state index contributed by atoms with van der Waals surface area (Å²) in [5, 5.41) is 0. The second-order valence-electron chi connectivity index (χ2n) is 2.26. The number of ether oxygens (including phenoxy) is 4. The van der Waals surface area contributed by atoms with Crippen molar-refractivity contribution in [3.8, 4) is 0 Å². The van der Waals surface area contributed by atoms with Gasteiger partial charge in [-0.1, -0.05) is 6.92 Å². The fourth-order valence-corrected chi connectivity index (χ4v) is 0.553. The van der Waals surface area contributed by atoms with Crippen molar-refractivity contribution >= 4 is 6.16 Å². The second kappa shape index (κ2) is 9.28. The first-order valence-electron chi connectivity index (χ1n) is 4.17. The molecule has 0 aromatic heterocycles. The van der Waals surface area contributed by atoms with E-state index in [2.05, 4.69) is 14.2 Å². The van der Waals surface area contributed by atoms with Crippen LogP contribution in [0, 0.1) is 0 Å². The molecule has 0 N–H and O–H groups in total. The molecular weight excluding hydrogens is 176 g/mol. The monoisotopic (exact) mass is 192 g/mol. The zero-order valence-electron chi connectivity index (χ0n) is 8.08. The van der Waals surface area contributed by atoms with Gasteiger partial charge in [-0.3, -0.25) is 0 Å². The van der Waals surface area contributed by atoms with E-state index in [1.54, 1.807) is 0 Å². The van der Waals surface area contributed by atoms with Gasteiger partial charge in [-0.15, -0.1) is 0 Å². The molecule has 0 aromatic carbocycles. The van der Waals surface area contributed by atoms with E-state index in [0.717, 1.165) is 6.42 Å². The summed E-state index contributed by atoms with van der Waals surface area (Å²) in [6.45, 7) is 3.00. The smallest absolute Gasteiger partial charge is 0.434 e. The van der Waals surface area contributed by atoms with Gasteiger partial charge in [0, 0.05) is 7.11 Å². The van der Waals surface area contributed by atoms with Gasteiger partial charge in [-0.25, -0.2) is 4.79 Å². The lowest BCUT2D eigenvalue weighted by molar-refractivity contribution is -0.0485. The maximum absolute atomic E-state index is 10.7. The highest BCUT2D eigenvalue weighted by atomic mass is 16.7. The van der Waals surface area contributed by atoms with E-state index in [-0.39, 0.29) is 13.4 Å². The van der Waals surface area contributed by atoms with Crippen molar-refractivity contribution in [1.29, 1.82) is 0 Å². The van der Waals surface area contributed by atoms with E-state index < -0.39 is 6.16 Å². The molecule has 13 heavy (non-hydrogen) atoms. The van der Waals surface area contributed by atoms with Crippen molar-refractivity contribution in [2.45, 2.75) is 13.3 Å². The van der Waals surface area contributed by atoms with Crippen LogP contribution >= 0.6 is 0 Å². The van der Waals surface area contributed by atoms with Crippen LogP contribution in [0.15, 0.2) is 0 Å². The molecule has 0 aliphatic rings. The molecule has 0 heterocycles. The third-order valence-electron chi connectivity index (χ3n) is 1.07. The molecule has 0 atom stereocenters. The van der Waals surface area contributed by atoms with Crippen LogP contribution in [0.4, 0.5) is 4.79 Å². The highest BCUT2D eigenvalue weighted by Crippen LogP contribution is 1.87. The molecule has 0 aromatic rings. The van der Waals surface area contributed by atoms with Crippen LogP contribution < -0.4 is 0 Å². The van der Waals surface area contributed by atoms with Crippen LogP contribution in [0.2, 0.25) is 0 Å². The molecular formula is C8H16O5. The lowest BCUT2D eigenvalue weighted by atomic mass is 10.5. The first-order chi connectivity index (χ1) is 6.31. The third kappa shape index (κ3) is 9.10. The predicted octanol–water partition coefficient (Wildman–Crippen LogP) is 1.17. The minimum absolute atomic E-state index is 0.186. The number of hydrogen-bond donors (Lipinski definition) is 0. The van der Waals surface area contributed by atoms with Crippen LogP contribution in [-0.4, -0.2) is 39.9 Å². The molecule has 0 spiro atoms. The van der Waals surface area contributed by atoms with Gasteiger partial charge in [0.25, 0.3) is 0 Å². The van der Waals surface area contributed by atoms with E-state index in [0.29, 0.717) is 13.2 Å². The molecule has 0 unspecified atom stereocenters. The molecule has 5 nitrogen and oxygen atoms in total. The van der Waals surface area contributed by atoms with E-state index in [1.165, 1.54) is 7.11 Å². The Morgan fingerprint density at radius 1 is 1.15 bits per heavy atom. The summed E-state index contributed by atoms with van der Waals surface area (Å²) >= 11 is 0. The highest BCUT2D eigenvalue weighted by molar-refractivity contribution is 5.59. The Kier molecular flexibility index (Phi) is 8.70. The van der Waals surface area contributed by atoms with Crippen LogP contribution in [-0.2, 0) is 18.9 Å². The summed E-state index contributed by atoms with van der Waals surface area (Å²) < 4.78 is 18.8. The summed E-state index contributed by atoms with van der Waals surface area (Å²) in [5.74, 6) is 0. The number of hydrogen-bond acceptors (Lipinski definition) is 5. The Labute approximate surface area is 77.9 Å². The maximum Gasteiger partial charge on any atom is 0.508 e. The quantitative estimate of drug-likeness (QED) is 0.344. The molecule has 0 saturated carbocycles. The number of carbonyl (C=O) groups is 1. The zero-order valence-corrected chi connectivity index (χ0v) is 8.08. The van der Waals surface area contributed by atoms with Crippen molar-refractivity contribution in [2.24, 2.45) is 0 Å². The standard InChI is InChI=1S/C8H16O5/c1-3-4-12-8(9)13-6-5-11-7-10-2/h3-7H2,1-2H3. The third-order valence-corrected chi connectivity index (χ3v) is 1.07. The van der Waals surface area contributed by atoms with Crippen molar-refractivity contribution in [1.82, 2.24) is 0 Å². The minimum atomic E-state index is -0.650. The molecule has 0 bridgehead atoms. The Bertz CT molecular complexity index is 126. The first-order valence-corrected chi connectivity index (χ1v) is 4.17. The molecule has 0 rings (SSSR count). The topological polar surface area (TPSA) is 54.0 Å². The van der Waals surface area contributed by atoms with E-state index in [4.69, 9.17) is 4.74 Å². The lowest BCUT2D eigenvalue weighted by Crippen LogP contribution is -2.13.